The molecule has 0 amide bonds. The number of aromatic amines is 2. The van der Waals surface area contributed by atoms with E-state index in [2.05, 4.69) is 9.97 Å². The van der Waals surface area contributed by atoms with Gasteiger partial charge in [-0.2, -0.15) is 0 Å². The van der Waals surface area contributed by atoms with Crippen LogP contribution in [-0.2, 0) is 0 Å². The maximum absolute atomic E-state index is 13.0. The molecule has 2 heterocycles. The second kappa shape index (κ2) is 9.95. The number of H-pyrrole nitrogens is 2. The Morgan fingerprint density at radius 2 is 1.21 bits per heavy atom. The highest BCUT2D eigenvalue weighted by Crippen LogP contribution is 2.61. The number of hydrogen-bond acceptors (Lipinski definition) is 4. The molecule has 0 spiro atoms. The standard InChI is InChI=1S/C22H25NO2.C10H7NO3/c24-20(18-2-1-3-19-17(18)5-7-23-21(19)25)4-6-22-11-14-8-15(12-22)10-16(9-14)13-22;12-9-7-2-1-3-8(10(13)14)6(7)4-5-11-9/h1-3,5,7,14-16H,4,6,8-13H2,(H,23,25);1-5H,(H,11,12)(H,13,14). The number of aromatic carboxylic acids is 1. The van der Waals surface area contributed by atoms with Crippen molar-refractivity contribution in [1.29, 1.82) is 0 Å². The van der Waals surface area contributed by atoms with E-state index in [1.807, 2.05) is 18.2 Å². The van der Waals surface area contributed by atoms with Crippen LogP contribution in [0.15, 0.2) is 70.5 Å². The minimum absolute atomic E-state index is 0.117. The number of nitrogens with one attached hydrogen (secondary N) is 2. The van der Waals surface area contributed by atoms with Crippen LogP contribution in [0.1, 0.15) is 72.1 Å². The predicted octanol–water partition coefficient (Wildman–Crippen LogP) is 5.93. The number of fused-ring (bicyclic) bond motifs is 2. The number of rotatable bonds is 5. The lowest BCUT2D eigenvalue weighted by Gasteiger charge is -2.57. The highest BCUT2D eigenvalue weighted by molar-refractivity contribution is 6.08. The van der Waals surface area contributed by atoms with E-state index in [1.165, 1.54) is 50.8 Å². The van der Waals surface area contributed by atoms with E-state index in [0.717, 1.165) is 29.6 Å². The molecule has 3 N–H and O–H groups in total. The van der Waals surface area contributed by atoms with Gasteiger partial charge in [-0.1, -0.05) is 18.2 Å². The maximum atomic E-state index is 13.0. The molecule has 4 aliphatic carbocycles. The highest BCUT2D eigenvalue weighted by Gasteiger charge is 2.50. The average Bonchev–Trinajstić information content (AvgIpc) is 2.91. The number of benzene rings is 2. The average molecular weight is 525 g/mol. The van der Waals surface area contributed by atoms with Crippen LogP contribution in [0.3, 0.4) is 0 Å². The van der Waals surface area contributed by atoms with Crippen LogP contribution in [0.4, 0.5) is 0 Å². The molecule has 2 aromatic heterocycles. The van der Waals surface area contributed by atoms with Gasteiger partial charge in [0.25, 0.3) is 11.1 Å². The summed E-state index contributed by atoms with van der Waals surface area (Å²) >= 11 is 0. The third-order valence-electron chi connectivity index (χ3n) is 9.21. The van der Waals surface area contributed by atoms with Crippen molar-refractivity contribution < 1.29 is 14.7 Å². The molecule has 7 heteroatoms. The Hall–Kier alpha value is -4.00. The molecule has 200 valence electrons. The van der Waals surface area contributed by atoms with Crippen molar-refractivity contribution in [1.82, 2.24) is 9.97 Å². The van der Waals surface area contributed by atoms with E-state index in [4.69, 9.17) is 5.11 Å². The van der Waals surface area contributed by atoms with Gasteiger partial charge in [-0.15, -0.1) is 0 Å². The summed E-state index contributed by atoms with van der Waals surface area (Å²) in [5, 5.41) is 11.1. The van der Waals surface area contributed by atoms with E-state index < -0.39 is 5.97 Å². The maximum Gasteiger partial charge on any atom is 0.336 e. The first-order valence-corrected chi connectivity index (χ1v) is 13.8. The minimum atomic E-state index is -1.03. The Balaban J connectivity index is 0.000000168. The number of hydrogen-bond donors (Lipinski definition) is 3. The van der Waals surface area contributed by atoms with E-state index in [0.29, 0.717) is 33.6 Å². The van der Waals surface area contributed by atoms with Gasteiger partial charge in [0, 0.05) is 40.5 Å². The summed E-state index contributed by atoms with van der Waals surface area (Å²) in [4.78, 5) is 52.2. The normalized spacial score (nSPS) is 24.9. The number of ketones is 1. The van der Waals surface area contributed by atoms with E-state index in [-0.39, 0.29) is 22.5 Å². The largest absolute Gasteiger partial charge is 0.478 e. The first-order valence-electron chi connectivity index (χ1n) is 13.8. The molecule has 4 bridgehead atoms. The number of aromatic nitrogens is 2. The van der Waals surface area contributed by atoms with Gasteiger partial charge in [0.2, 0.25) is 0 Å². The first-order chi connectivity index (χ1) is 18.8. The summed E-state index contributed by atoms with van der Waals surface area (Å²) in [6.07, 6.45) is 13.1. The van der Waals surface area contributed by atoms with Crippen molar-refractivity contribution in [3.05, 3.63) is 92.8 Å². The quantitative estimate of drug-likeness (QED) is 0.279. The van der Waals surface area contributed by atoms with Crippen LogP contribution in [0, 0.1) is 23.2 Å². The molecule has 39 heavy (non-hydrogen) atoms. The van der Waals surface area contributed by atoms with Gasteiger partial charge < -0.3 is 15.1 Å². The third kappa shape index (κ3) is 4.82. The van der Waals surface area contributed by atoms with Crippen LogP contribution in [-0.4, -0.2) is 26.8 Å². The molecule has 8 rings (SSSR count). The van der Waals surface area contributed by atoms with Crippen LogP contribution in [0.5, 0.6) is 0 Å². The smallest absolute Gasteiger partial charge is 0.336 e. The molecule has 4 aliphatic rings. The molecule has 2 aromatic carbocycles. The van der Waals surface area contributed by atoms with Gasteiger partial charge >= 0.3 is 5.97 Å². The Morgan fingerprint density at radius 3 is 1.72 bits per heavy atom. The minimum Gasteiger partial charge on any atom is -0.478 e. The fraction of sp³-hybridized carbons (Fsp3) is 0.375. The summed E-state index contributed by atoms with van der Waals surface area (Å²) < 4.78 is 0. The lowest BCUT2D eigenvalue weighted by molar-refractivity contribution is -0.0570. The van der Waals surface area contributed by atoms with Crippen LogP contribution < -0.4 is 11.1 Å². The predicted molar refractivity (Wildman–Crippen MR) is 150 cm³/mol. The Labute approximate surface area is 225 Å². The zero-order valence-electron chi connectivity index (χ0n) is 21.7. The Morgan fingerprint density at radius 1 is 0.718 bits per heavy atom. The molecule has 7 nitrogen and oxygen atoms in total. The van der Waals surface area contributed by atoms with Crippen molar-refractivity contribution in [3.63, 3.8) is 0 Å². The fourth-order valence-electron chi connectivity index (χ4n) is 7.98. The van der Waals surface area contributed by atoms with Gasteiger partial charge in [-0.05, 0) is 104 Å². The molecular weight excluding hydrogens is 492 g/mol. The first kappa shape index (κ1) is 25.3. The number of carboxylic acid groups (broad SMARTS) is 1. The number of Topliss-reactive ketones (excluding diaryl/α,β-unsaturated/α-hetero) is 1. The topological polar surface area (TPSA) is 120 Å². The molecule has 0 atom stereocenters. The Kier molecular flexibility index (Phi) is 6.45. The molecule has 4 fully saturated rings. The van der Waals surface area contributed by atoms with Gasteiger partial charge in [0.15, 0.2) is 5.78 Å². The molecule has 0 saturated heterocycles. The lowest BCUT2D eigenvalue weighted by atomic mass is 9.48. The van der Waals surface area contributed by atoms with E-state index in [9.17, 15) is 19.2 Å². The van der Waals surface area contributed by atoms with E-state index >= 15 is 0 Å². The Bertz CT molecular complexity index is 1660. The van der Waals surface area contributed by atoms with Crippen LogP contribution in [0.2, 0.25) is 0 Å². The van der Waals surface area contributed by atoms with Crippen molar-refractivity contribution in [3.8, 4) is 0 Å². The van der Waals surface area contributed by atoms with Crippen molar-refractivity contribution in [2.75, 3.05) is 0 Å². The molecule has 0 unspecified atom stereocenters. The van der Waals surface area contributed by atoms with Crippen LogP contribution in [0.25, 0.3) is 21.5 Å². The number of pyridine rings is 2. The monoisotopic (exact) mass is 524 g/mol. The van der Waals surface area contributed by atoms with Gasteiger partial charge in [0.1, 0.15) is 0 Å². The zero-order chi connectivity index (χ0) is 27.1. The third-order valence-corrected chi connectivity index (χ3v) is 9.21. The van der Waals surface area contributed by atoms with Crippen molar-refractivity contribution in [2.45, 2.75) is 51.4 Å². The molecule has 4 saturated carbocycles. The summed E-state index contributed by atoms with van der Waals surface area (Å²) in [6.45, 7) is 0. The SMILES string of the molecule is O=C(CCC12CC3CC(CC(C3)C1)C2)c1cccc2c(=O)[nH]ccc12.O=C(O)c1cccc2c(=O)[nH]ccc12. The summed E-state index contributed by atoms with van der Waals surface area (Å²) in [5.41, 5.74) is 0.910. The van der Waals surface area contributed by atoms with Crippen molar-refractivity contribution >= 4 is 33.3 Å². The highest BCUT2D eigenvalue weighted by atomic mass is 16.4. The van der Waals surface area contributed by atoms with Crippen molar-refractivity contribution in [2.24, 2.45) is 23.2 Å². The summed E-state index contributed by atoms with van der Waals surface area (Å²) in [7, 11) is 0. The second-order valence-electron chi connectivity index (χ2n) is 11.8. The molecular formula is C32H32N2O5. The molecule has 0 radical (unpaired) electrons. The van der Waals surface area contributed by atoms with E-state index in [1.54, 1.807) is 30.5 Å². The fourth-order valence-corrected chi connectivity index (χ4v) is 7.98. The number of carbonyl (C=O) groups excluding carboxylic acids is 1. The molecule has 0 aliphatic heterocycles. The summed E-state index contributed by atoms with van der Waals surface area (Å²) in [5.74, 6) is 1.96. The van der Waals surface area contributed by atoms with Gasteiger partial charge in [-0.3, -0.25) is 14.4 Å². The zero-order valence-corrected chi connectivity index (χ0v) is 21.7. The number of carboxylic acids is 1. The lowest BCUT2D eigenvalue weighted by Crippen LogP contribution is -2.46. The number of carbonyl (C=O) groups is 2. The van der Waals surface area contributed by atoms with Gasteiger partial charge in [0.05, 0.1) is 5.56 Å². The van der Waals surface area contributed by atoms with Gasteiger partial charge in [-0.25, -0.2) is 4.79 Å². The molecule has 4 aromatic rings. The second-order valence-corrected chi connectivity index (χ2v) is 11.8. The van der Waals surface area contributed by atoms with Crippen LogP contribution >= 0.6 is 0 Å². The summed E-state index contributed by atoms with van der Waals surface area (Å²) in [6, 6.07) is 13.6.